The summed E-state index contributed by atoms with van der Waals surface area (Å²) in [5.74, 6) is 0. The lowest BCUT2D eigenvalue weighted by Gasteiger charge is -2.03. The Labute approximate surface area is 70.6 Å². The number of aryl methyl sites for hydroxylation is 1. The Bertz CT molecular complexity index is 263. The van der Waals surface area contributed by atoms with Gasteiger partial charge >= 0.3 is 7.12 Å². The van der Waals surface area contributed by atoms with E-state index in [9.17, 15) is 0 Å². The summed E-state index contributed by atoms with van der Waals surface area (Å²) in [6.45, 7) is 1.81. The monoisotopic (exact) mass is 170 g/mol. The Kier molecular flexibility index (Phi) is 2.55. The second kappa shape index (κ2) is 3.26. The largest absolute Gasteiger partial charge is 0.489 e. The predicted molar refractivity (Wildman–Crippen MR) is 46.0 cm³/mol. The normalized spacial score (nSPS) is 9.82. The van der Waals surface area contributed by atoms with Gasteiger partial charge in [0, 0.05) is 10.5 Å². The lowest BCUT2D eigenvalue weighted by molar-refractivity contribution is 0.426. The van der Waals surface area contributed by atoms with E-state index in [2.05, 4.69) is 0 Å². The van der Waals surface area contributed by atoms with Crippen LogP contribution in [-0.2, 0) is 0 Å². The number of hydrogen-bond acceptors (Lipinski definition) is 2. The van der Waals surface area contributed by atoms with E-state index in [1.165, 1.54) is 0 Å². The van der Waals surface area contributed by atoms with E-state index in [-0.39, 0.29) is 0 Å². The van der Waals surface area contributed by atoms with Crippen molar-refractivity contribution in [2.45, 2.75) is 6.92 Å². The van der Waals surface area contributed by atoms with Crippen LogP contribution < -0.4 is 5.46 Å². The summed E-state index contributed by atoms with van der Waals surface area (Å²) in [5, 5.41) is 18.0. The molecule has 1 aromatic carbocycles. The lowest BCUT2D eigenvalue weighted by Crippen LogP contribution is -2.30. The second-order valence-electron chi connectivity index (χ2n) is 2.35. The van der Waals surface area contributed by atoms with E-state index in [1.807, 2.05) is 13.0 Å². The highest BCUT2D eigenvalue weighted by atomic mass is 35.5. The quantitative estimate of drug-likeness (QED) is 0.596. The van der Waals surface area contributed by atoms with Crippen molar-refractivity contribution < 1.29 is 10.0 Å². The Balaban J connectivity index is 3.17. The molecule has 0 amide bonds. The highest BCUT2D eigenvalue weighted by Gasteiger charge is 2.15. The van der Waals surface area contributed by atoms with Crippen molar-refractivity contribution in [3.63, 3.8) is 0 Å². The first kappa shape index (κ1) is 8.59. The Morgan fingerprint density at radius 2 is 2.00 bits per heavy atom. The second-order valence-corrected chi connectivity index (χ2v) is 2.73. The van der Waals surface area contributed by atoms with E-state index in [1.54, 1.807) is 12.1 Å². The van der Waals surface area contributed by atoms with Crippen LogP contribution in [0, 0.1) is 6.92 Å². The molecule has 2 N–H and O–H groups in total. The van der Waals surface area contributed by atoms with Gasteiger partial charge in [-0.2, -0.15) is 0 Å². The minimum absolute atomic E-state index is 0.353. The standard InChI is InChI=1S/C7H8BClO2/c1-5-3-2-4-6(7(5)9)8(10)11/h2-4,10-11H,1H3. The third-order valence-corrected chi connectivity index (χ3v) is 2.02. The number of hydrogen-bond donors (Lipinski definition) is 2. The van der Waals surface area contributed by atoms with E-state index in [0.29, 0.717) is 10.5 Å². The third kappa shape index (κ3) is 1.74. The number of halogens is 1. The van der Waals surface area contributed by atoms with Gasteiger partial charge in [-0.3, -0.25) is 0 Å². The Hall–Kier alpha value is -0.505. The summed E-state index contributed by atoms with van der Waals surface area (Å²) in [6.07, 6.45) is 0. The Morgan fingerprint density at radius 1 is 1.36 bits per heavy atom. The molecule has 0 bridgehead atoms. The smallest absolute Gasteiger partial charge is 0.423 e. The molecule has 0 unspecified atom stereocenters. The van der Waals surface area contributed by atoms with E-state index >= 15 is 0 Å². The van der Waals surface area contributed by atoms with Crippen LogP contribution in [0.1, 0.15) is 5.56 Å². The first-order valence-electron chi connectivity index (χ1n) is 3.24. The molecule has 0 aliphatic heterocycles. The average Bonchev–Trinajstić information content (AvgIpc) is 1.94. The summed E-state index contributed by atoms with van der Waals surface area (Å²) in [7, 11) is -1.48. The maximum absolute atomic E-state index is 8.80. The van der Waals surface area contributed by atoms with Crippen molar-refractivity contribution in [3.05, 3.63) is 28.8 Å². The van der Waals surface area contributed by atoms with Crippen LogP contribution in [0.3, 0.4) is 0 Å². The zero-order valence-electron chi connectivity index (χ0n) is 6.08. The fourth-order valence-electron chi connectivity index (χ4n) is 0.870. The third-order valence-electron chi connectivity index (χ3n) is 1.50. The van der Waals surface area contributed by atoms with Crippen molar-refractivity contribution in [3.8, 4) is 0 Å². The first-order valence-corrected chi connectivity index (χ1v) is 3.62. The van der Waals surface area contributed by atoms with E-state index in [4.69, 9.17) is 21.6 Å². The van der Waals surface area contributed by atoms with Gasteiger partial charge in [-0.15, -0.1) is 0 Å². The molecule has 58 valence electrons. The molecular weight excluding hydrogens is 162 g/mol. The highest BCUT2D eigenvalue weighted by molar-refractivity contribution is 6.62. The zero-order chi connectivity index (χ0) is 8.43. The van der Waals surface area contributed by atoms with Crippen LogP contribution in [0.2, 0.25) is 5.02 Å². The molecule has 0 fully saturated rings. The molecule has 2 nitrogen and oxygen atoms in total. The maximum atomic E-state index is 8.80. The molecule has 0 aliphatic rings. The predicted octanol–water partition coefficient (Wildman–Crippen LogP) is 0.328. The summed E-state index contributed by atoms with van der Waals surface area (Å²) in [6, 6.07) is 5.13. The molecule has 0 aromatic heterocycles. The van der Waals surface area contributed by atoms with E-state index in [0.717, 1.165) is 5.56 Å². The molecule has 11 heavy (non-hydrogen) atoms. The van der Waals surface area contributed by atoms with Crippen molar-refractivity contribution in [1.82, 2.24) is 0 Å². The summed E-state index contributed by atoms with van der Waals surface area (Å²) >= 11 is 5.77. The molecule has 0 radical (unpaired) electrons. The average molecular weight is 170 g/mol. The molecule has 0 saturated carbocycles. The first-order chi connectivity index (χ1) is 5.13. The van der Waals surface area contributed by atoms with Crippen molar-refractivity contribution in [1.29, 1.82) is 0 Å². The molecule has 0 heterocycles. The van der Waals surface area contributed by atoms with Crippen LogP contribution >= 0.6 is 11.6 Å². The van der Waals surface area contributed by atoms with Gasteiger partial charge in [-0.05, 0) is 12.5 Å². The van der Waals surface area contributed by atoms with Gasteiger partial charge in [0.25, 0.3) is 0 Å². The topological polar surface area (TPSA) is 40.5 Å². The van der Waals surface area contributed by atoms with Crippen LogP contribution in [0.25, 0.3) is 0 Å². The van der Waals surface area contributed by atoms with E-state index < -0.39 is 7.12 Å². The fraction of sp³-hybridized carbons (Fsp3) is 0.143. The number of benzene rings is 1. The molecule has 0 saturated heterocycles. The molecule has 0 atom stereocenters. The highest BCUT2D eigenvalue weighted by Crippen LogP contribution is 2.11. The van der Waals surface area contributed by atoms with Gasteiger partial charge < -0.3 is 10.0 Å². The lowest BCUT2D eigenvalue weighted by atomic mass is 9.79. The zero-order valence-corrected chi connectivity index (χ0v) is 6.84. The maximum Gasteiger partial charge on any atom is 0.489 e. The van der Waals surface area contributed by atoms with Gasteiger partial charge in [-0.25, -0.2) is 0 Å². The van der Waals surface area contributed by atoms with Gasteiger partial charge in [0.1, 0.15) is 0 Å². The molecule has 0 spiro atoms. The van der Waals surface area contributed by atoms with Gasteiger partial charge in [0.05, 0.1) is 0 Å². The van der Waals surface area contributed by atoms with Crippen LogP contribution in [0.4, 0.5) is 0 Å². The SMILES string of the molecule is Cc1cccc(B(O)O)c1Cl. The molecule has 4 heteroatoms. The van der Waals surface area contributed by atoms with Crippen LogP contribution in [0.5, 0.6) is 0 Å². The van der Waals surface area contributed by atoms with Gasteiger partial charge in [-0.1, -0.05) is 29.8 Å². The number of rotatable bonds is 1. The van der Waals surface area contributed by atoms with Crippen molar-refractivity contribution >= 4 is 24.2 Å². The summed E-state index contributed by atoms with van der Waals surface area (Å²) < 4.78 is 0. The van der Waals surface area contributed by atoms with Crippen molar-refractivity contribution in [2.75, 3.05) is 0 Å². The molecule has 1 rings (SSSR count). The fourth-order valence-corrected chi connectivity index (χ4v) is 1.09. The summed E-state index contributed by atoms with van der Waals surface area (Å²) in [5.41, 5.74) is 1.20. The minimum atomic E-state index is -1.48. The molecular formula is C7H8BClO2. The summed E-state index contributed by atoms with van der Waals surface area (Å²) in [4.78, 5) is 0. The molecule has 1 aromatic rings. The minimum Gasteiger partial charge on any atom is -0.423 e. The van der Waals surface area contributed by atoms with Crippen molar-refractivity contribution in [2.24, 2.45) is 0 Å². The van der Waals surface area contributed by atoms with Gasteiger partial charge in [0.2, 0.25) is 0 Å². The van der Waals surface area contributed by atoms with Crippen LogP contribution in [-0.4, -0.2) is 17.2 Å². The van der Waals surface area contributed by atoms with Crippen LogP contribution in [0.15, 0.2) is 18.2 Å². The Morgan fingerprint density at radius 3 is 2.45 bits per heavy atom. The molecule has 0 aliphatic carbocycles. The van der Waals surface area contributed by atoms with Gasteiger partial charge in [0.15, 0.2) is 0 Å².